The van der Waals surface area contributed by atoms with Crippen LogP contribution in [0.1, 0.15) is 18.5 Å². The van der Waals surface area contributed by atoms with Gasteiger partial charge in [0.25, 0.3) is 0 Å². The molecule has 1 unspecified atom stereocenters. The summed E-state index contributed by atoms with van der Waals surface area (Å²) in [6.07, 6.45) is 3.46. The van der Waals surface area contributed by atoms with Gasteiger partial charge in [-0.1, -0.05) is 23.7 Å². The minimum absolute atomic E-state index is 0.166. The number of hydrogen-bond acceptors (Lipinski definition) is 2. The van der Waals surface area contributed by atoms with Gasteiger partial charge in [-0.2, -0.15) is 5.10 Å². The number of benzene rings is 1. The predicted octanol–water partition coefficient (Wildman–Crippen LogP) is 2.73. The van der Waals surface area contributed by atoms with Gasteiger partial charge >= 0.3 is 0 Å². The zero-order chi connectivity index (χ0) is 10.8. The third-order valence-corrected chi connectivity index (χ3v) is 2.62. The summed E-state index contributed by atoms with van der Waals surface area (Å²) in [6.45, 7) is 2.07. The highest BCUT2D eigenvalue weighted by Gasteiger charge is 2.07. The van der Waals surface area contributed by atoms with Gasteiger partial charge in [0.2, 0.25) is 0 Å². The van der Waals surface area contributed by atoms with Crippen LogP contribution in [0.25, 0.3) is 0 Å². The van der Waals surface area contributed by atoms with Gasteiger partial charge in [-0.25, -0.2) is 0 Å². The second kappa shape index (κ2) is 3.95. The van der Waals surface area contributed by atoms with E-state index >= 15 is 0 Å². The van der Waals surface area contributed by atoms with E-state index in [-0.39, 0.29) is 6.04 Å². The summed E-state index contributed by atoms with van der Waals surface area (Å²) in [5, 5.41) is 4.91. The summed E-state index contributed by atoms with van der Waals surface area (Å²) in [5.41, 5.74) is 7.45. The van der Waals surface area contributed by atoms with Crippen LogP contribution in [0.4, 0.5) is 5.69 Å². The van der Waals surface area contributed by atoms with Crippen molar-refractivity contribution >= 4 is 17.3 Å². The first-order valence-corrected chi connectivity index (χ1v) is 5.09. The molecule has 2 N–H and O–H groups in total. The monoisotopic (exact) mass is 221 g/mol. The molecular formula is C11H12ClN3. The van der Waals surface area contributed by atoms with Crippen molar-refractivity contribution in [1.29, 1.82) is 0 Å². The van der Waals surface area contributed by atoms with Gasteiger partial charge in [0.05, 0.1) is 17.9 Å². The van der Waals surface area contributed by atoms with Gasteiger partial charge < -0.3 is 5.73 Å². The Morgan fingerprint density at radius 3 is 2.53 bits per heavy atom. The van der Waals surface area contributed by atoms with Crippen LogP contribution in [0.3, 0.4) is 0 Å². The minimum Gasteiger partial charge on any atom is -0.396 e. The molecule has 0 spiro atoms. The van der Waals surface area contributed by atoms with E-state index in [1.54, 1.807) is 6.20 Å². The zero-order valence-corrected chi connectivity index (χ0v) is 9.15. The molecule has 3 nitrogen and oxygen atoms in total. The maximum Gasteiger partial charge on any atom is 0.0741 e. The van der Waals surface area contributed by atoms with E-state index in [0.29, 0.717) is 5.69 Å². The molecule has 4 heteroatoms. The van der Waals surface area contributed by atoms with Crippen molar-refractivity contribution in [3.63, 3.8) is 0 Å². The van der Waals surface area contributed by atoms with Crippen LogP contribution in [0, 0.1) is 0 Å². The lowest BCUT2D eigenvalue weighted by molar-refractivity contribution is 0.565. The van der Waals surface area contributed by atoms with E-state index in [1.165, 1.54) is 0 Å². The van der Waals surface area contributed by atoms with Crippen molar-refractivity contribution in [2.45, 2.75) is 13.0 Å². The predicted molar refractivity (Wildman–Crippen MR) is 61.9 cm³/mol. The van der Waals surface area contributed by atoms with Crippen LogP contribution < -0.4 is 5.73 Å². The van der Waals surface area contributed by atoms with Crippen LogP contribution in [-0.4, -0.2) is 9.78 Å². The van der Waals surface area contributed by atoms with Crippen molar-refractivity contribution < 1.29 is 0 Å². The minimum atomic E-state index is 0.166. The first-order chi connectivity index (χ1) is 7.16. The molecule has 15 heavy (non-hydrogen) atoms. The largest absolute Gasteiger partial charge is 0.396 e. The summed E-state index contributed by atoms with van der Waals surface area (Å²) < 4.78 is 1.83. The highest BCUT2D eigenvalue weighted by molar-refractivity contribution is 6.30. The molecule has 0 radical (unpaired) electrons. The molecule has 78 valence electrons. The molecule has 0 aliphatic carbocycles. The highest BCUT2D eigenvalue weighted by Crippen LogP contribution is 2.19. The van der Waals surface area contributed by atoms with E-state index < -0.39 is 0 Å². The number of anilines is 1. The van der Waals surface area contributed by atoms with Crippen molar-refractivity contribution in [2.24, 2.45) is 0 Å². The maximum absolute atomic E-state index is 5.82. The van der Waals surface area contributed by atoms with Crippen molar-refractivity contribution in [2.75, 3.05) is 5.73 Å². The Labute approximate surface area is 93.5 Å². The lowest BCUT2D eigenvalue weighted by Crippen LogP contribution is -2.06. The van der Waals surface area contributed by atoms with Crippen molar-refractivity contribution in [3.05, 3.63) is 47.2 Å². The van der Waals surface area contributed by atoms with Crippen LogP contribution in [-0.2, 0) is 0 Å². The summed E-state index contributed by atoms with van der Waals surface area (Å²) in [4.78, 5) is 0. The maximum atomic E-state index is 5.82. The molecule has 1 aromatic heterocycles. The van der Waals surface area contributed by atoms with Gasteiger partial charge in [0.1, 0.15) is 0 Å². The van der Waals surface area contributed by atoms with Gasteiger partial charge in [-0.15, -0.1) is 0 Å². The fourth-order valence-corrected chi connectivity index (χ4v) is 1.58. The Morgan fingerprint density at radius 1 is 1.33 bits per heavy atom. The number of nitrogens with two attached hydrogens (primary N) is 1. The Bertz CT molecular complexity index is 447. The first kappa shape index (κ1) is 10.1. The average molecular weight is 222 g/mol. The number of aromatic nitrogens is 2. The Morgan fingerprint density at radius 2 is 2.00 bits per heavy atom. The molecule has 1 atom stereocenters. The highest BCUT2D eigenvalue weighted by atomic mass is 35.5. The molecule has 0 aliphatic heterocycles. The summed E-state index contributed by atoms with van der Waals surface area (Å²) >= 11 is 5.82. The lowest BCUT2D eigenvalue weighted by atomic mass is 10.1. The number of nitrogen functional groups attached to an aromatic ring is 1. The molecule has 0 fully saturated rings. The third-order valence-electron chi connectivity index (χ3n) is 2.37. The Kier molecular flexibility index (Phi) is 2.64. The number of rotatable bonds is 2. The fourth-order valence-electron chi connectivity index (χ4n) is 1.46. The van der Waals surface area contributed by atoms with Crippen LogP contribution in [0.15, 0.2) is 36.7 Å². The van der Waals surface area contributed by atoms with Crippen LogP contribution in [0.2, 0.25) is 5.02 Å². The van der Waals surface area contributed by atoms with Crippen LogP contribution >= 0.6 is 11.6 Å². The quantitative estimate of drug-likeness (QED) is 0.848. The van der Waals surface area contributed by atoms with Gasteiger partial charge in [-0.3, -0.25) is 4.68 Å². The molecule has 1 aromatic carbocycles. The zero-order valence-electron chi connectivity index (χ0n) is 8.39. The average Bonchev–Trinajstić information content (AvgIpc) is 2.65. The van der Waals surface area contributed by atoms with Gasteiger partial charge in [0, 0.05) is 11.2 Å². The Hall–Kier alpha value is -1.48. The topological polar surface area (TPSA) is 43.8 Å². The summed E-state index contributed by atoms with van der Waals surface area (Å²) in [6, 6.07) is 7.90. The second-order valence-electron chi connectivity index (χ2n) is 3.48. The SMILES string of the molecule is CC(c1ccc(Cl)cc1)n1cc(N)cn1. The van der Waals surface area contributed by atoms with E-state index in [1.807, 2.05) is 35.1 Å². The number of halogens is 1. The normalized spacial score (nSPS) is 12.7. The van der Waals surface area contributed by atoms with Crippen molar-refractivity contribution in [3.8, 4) is 0 Å². The third kappa shape index (κ3) is 2.13. The molecule has 1 heterocycles. The van der Waals surface area contributed by atoms with E-state index in [9.17, 15) is 0 Å². The van der Waals surface area contributed by atoms with E-state index in [0.717, 1.165) is 10.6 Å². The second-order valence-corrected chi connectivity index (χ2v) is 3.92. The molecule has 2 aromatic rings. The van der Waals surface area contributed by atoms with E-state index in [2.05, 4.69) is 12.0 Å². The first-order valence-electron chi connectivity index (χ1n) is 4.72. The Balaban J connectivity index is 2.28. The molecular weight excluding hydrogens is 210 g/mol. The van der Waals surface area contributed by atoms with E-state index in [4.69, 9.17) is 17.3 Å². The molecule has 0 saturated carbocycles. The molecule has 0 amide bonds. The molecule has 0 bridgehead atoms. The smallest absolute Gasteiger partial charge is 0.0741 e. The van der Waals surface area contributed by atoms with Gasteiger partial charge in [-0.05, 0) is 24.6 Å². The molecule has 2 rings (SSSR count). The van der Waals surface area contributed by atoms with Crippen molar-refractivity contribution in [1.82, 2.24) is 9.78 Å². The van der Waals surface area contributed by atoms with Crippen LogP contribution in [0.5, 0.6) is 0 Å². The number of nitrogens with zero attached hydrogens (tertiary/aromatic N) is 2. The fraction of sp³-hybridized carbons (Fsp3) is 0.182. The number of hydrogen-bond donors (Lipinski definition) is 1. The standard InChI is InChI=1S/C11H12ClN3/c1-8(15-7-11(13)6-14-15)9-2-4-10(12)5-3-9/h2-8H,13H2,1H3. The lowest BCUT2D eigenvalue weighted by Gasteiger charge is -2.12. The van der Waals surface area contributed by atoms with Gasteiger partial charge in [0.15, 0.2) is 0 Å². The molecule has 0 aliphatic rings. The molecule has 0 saturated heterocycles. The summed E-state index contributed by atoms with van der Waals surface area (Å²) in [7, 11) is 0. The summed E-state index contributed by atoms with van der Waals surface area (Å²) in [5.74, 6) is 0.